The summed E-state index contributed by atoms with van der Waals surface area (Å²) in [6.07, 6.45) is 1.98. The Morgan fingerprint density at radius 2 is 2.10 bits per heavy atom. The van der Waals surface area contributed by atoms with Crippen molar-refractivity contribution < 1.29 is 14.7 Å². The average molecular weight is 270 g/mol. The van der Waals surface area contributed by atoms with E-state index in [0.717, 1.165) is 21.4 Å². The number of H-pyrrole nitrogens is 1. The molecule has 1 aromatic carbocycles. The van der Waals surface area contributed by atoms with Crippen LogP contribution in [0.1, 0.15) is 12.5 Å². The SMILES string of the molecule is CCN1C(=O)/C(=C/c2c[nH]c3ccccc23)[C@@H](O)C1=O. The summed E-state index contributed by atoms with van der Waals surface area (Å²) in [6, 6.07) is 7.65. The number of amides is 2. The highest BCUT2D eigenvalue weighted by Crippen LogP contribution is 2.25. The first-order valence-electron chi connectivity index (χ1n) is 6.45. The zero-order valence-electron chi connectivity index (χ0n) is 11.0. The third-order valence-corrected chi connectivity index (χ3v) is 3.54. The van der Waals surface area contributed by atoms with Gasteiger partial charge in [0.15, 0.2) is 6.10 Å². The van der Waals surface area contributed by atoms with Gasteiger partial charge in [-0.2, -0.15) is 0 Å². The first kappa shape index (κ1) is 12.6. The van der Waals surface area contributed by atoms with Crippen LogP contribution >= 0.6 is 0 Å². The number of aliphatic hydroxyl groups excluding tert-OH is 1. The number of likely N-dealkylation sites (tertiary alicyclic amines) is 1. The third kappa shape index (κ3) is 1.75. The van der Waals surface area contributed by atoms with Crippen molar-refractivity contribution in [2.24, 2.45) is 0 Å². The third-order valence-electron chi connectivity index (χ3n) is 3.54. The Bertz CT molecular complexity index is 730. The van der Waals surface area contributed by atoms with E-state index in [1.807, 2.05) is 24.3 Å². The standard InChI is InChI=1S/C15H14N2O3/c1-2-17-14(19)11(13(18)15(17)20)7-9-8-16-12-6-4-3-5-10(9)12/h3-8,13,16,18H,2H2,1H3/b11-7+/t13-/m1/s1. The maximum Gasteiger partial charge on any atom is 0.263 e. The molecule has 1 aliphatic rings. The number of aromatic nitrogens is 1. The van der Waals surface area contributed by atoms with Gasteiger partial charge in [-0.3, -0.25) is 14.5 Å². The summed E-state index contributed by atoms with van der Waals surface area (Å²) in [5.74, 6) is -0.973. The van der Waals surface area contributed by atoms with Crippen LogP contribution in [-0.2, 0) is 9.59 Å². The monoisotopic (exact) mass is 270 g/mol. The second-order valence-corrected chi connectivity index (χ2v) is 4.68. The number of para-hydroxylation sites is 1. The number of aliphatic hydroxyl groups is 1. The number of benzene rings is 1. The van der Waals surface area contributed by atoms with E-state index in [1.54, 1.807) is 19.2 Å². The minimum absolute atomic E-state index is 0.126. The van der Waals surface area contributed by atoms with Crippen molar-refractivity contribution in [1.82, 2.24) is 9.88 Å². The van der Waals surface area contributed by atoms with Gasteiger partial charge in [-0.15, -0.1) is 0 Å². The van der Waals surface area contributed by atoms with Crippen LogP contribution in [0.15, 0.2) is 36.0 Å². The Labute approximate surface area is 115 Å². The fraction of sp³-hybridized carbons (Fsp3) is 0.200. The Morgan fingerprint density at radius 3 is 2.80 bits per heavy atom. The number of likely N-dealkylation sites (N-methyl/N-ethyl adjacent to an activating group) is 1. The molecule has 0 radical (unpaired) electrons. The van der Waals surface area contributed by atoms with E-state index >= 15 is 0 Å². The summed E-state index contributed by atoms with van der Waals surface area (Å²) in [4.78, 5) is 28.0. The first-order valence-corrected chi connectivity index (χ1v) is 6.45. The van der Waals surface area contributed by atoms with Gasteiger partial charge < -0.3 is 10.1 Å². The molecule has 3 rings (SSSR count). The van der Waals surface area contributed by atoms with Crippen molar-refractivity contribution in [3.8, 4) is 0 Å². The molecule has 1 atom stereocenters. The van der Waals surface area contributed by atoms with E-state index in [4.69, 9.17) is 0 Å². The molecule has 102 valence electrons. The Balaban J connectivity index is 2.08. The molecule has 1 fully saturated rings. The fourth-order valence-electron chi connectivity index (χ4n) is 2.47. The molecule has 0 aliphatic carbocycles. The number of nitrogens with zero attached hydrogens (tertiary/aromatic N) is 1. The number of hydrogen-bond acceptors (Lipinski definition) is 3. The second kappa shape index (κ2) is 4.61. The molecule has 1 aliphatic heterocycles. The highest BCUT2D eigenvalue weighted by atomic mass is 16.3. The van der Waals surface area contributed by atoms with Gasteiger partial charge >= 0.3 is 0 Å². The molecule has 2 N–H and O–H groups in total. The zero-order valence-corrected chi connectivity index (χ0v) is 11.0. The molecule has 2 heterocycles. The lowest BCUT2D eigenvalue weighted by atomic mass is 10.1. The molecule has 0 spiro atoms. The first-order chi connectivity index (χ1) is 9.63. The van der Waals surface area contributed by atoms with Crippen LogP contribution in [0.2, 0.25) is 0 Å². The molecular weight excluding hydrogens is 256 g/mol. The summed E-state index contributed by atoms with van der Waals surface area (Å²) >= 11 is 0. The number of nitrogens with one attached hydrogen (secondary N) is 1. The van der Waals surface area contributed by atoms with Crippen LogP contribution < -0.4 is 0 Å². The van der Waals surface area contributed by atoms with Crippen LogP contribution in [0.3, 0.4) is 0 Å². The normalized spacial score (nSPS) is 21.4. The van der Waals surface area contributed by atoms with Crippen molar-refractivity contribution in [3.63, 3.8) is 0 Å². The maximum absolute atomic E-state index is 12.1. The number of aromatic amines is 1. The van der Waals surface area contributed by atoms with E-state index in [-0.39, 0.29) is 12.1 Å². The summed E-state index contributed by atoms with van der Waals surface area (Å²) in [5.41, 5.74) is 1.85. The molecular formula is C15H14N2O3. The number of carbonyl (C=O) groups excluding carboxylic acids is 2. The number of fused-ring (bicyclic) bond motifs is 1. The van der Waals surface area contributed by atoms with Gasteiger partial charge in [0, 0.05) is 29.2 Å². The Kier molecular flexibility index (Phi) is 2.91. The minimum Gasteiger partial charge on any atom is -0.378 e. The van der Waals surface area contributed by atoms with Gasteiger partial charge in [0.2, 0.25) is 0 Å². The predicted molar refractivity (Wildman–Crippen MR) is 74.7 cm³/mol. The van der Waals surface area contributed by atoms with Gasteiger partial charge in [-0.25, -0.2) is 0 Å². The highest BCUT2D eigenvalue weighted by Gasteiger charge is 2.41. The second-order valence-electron chi connectivity index (χ2n) is 4.68. The summed E-state index contributed by atoms with van der Waals surface area (Å²) < 4.78 is 0. The van der Waals surface area contributed by atoms with Crippen molar-refractivity contribution in [1.29, 1.82) is 0 Å². The quantitative estimate of drug-likeness (QED) is 0.638. The topological polar surface area (TPSA) is 73.4 Å². The van der Waals surface area contributed by atoms with Gasteiger partial charge in [-0.05, 0) is 19.1 Å². The van der Waals surface area contributed by atoms with Gasteiger partial charge in [-0.1, -0.05) is 18.2 Å². The lowest BCUT2D eigenvalue weighted by molar-refractivity contribution is -0.140. The summed E-state index contributed by atoms with van der Waals surface area (Å²) in [7, 11) is 0. The molecule has 0 unspecified atom stereocenters. The van der Waals surface area contributed by atoms with Crippen molar-refractivity contribution >= 4 is 28.8 Å². The number of imide groups is 1. The van der Waals surface area contributed by atoms with Crippen LogP contribution in [0.5, 0.6) is 0 Å². The van der Waals surface area contributed by atoms with E-state index in [1.165, 1.54) is 0 Å². The maximum atomic E-state index is 12.1. The molecule has 1 aromatic heterocycles. The number of rotatable bonds is 2. The number of hydrogen-bond donors (Lipinski definition) is 2. The molecule has 5 heteroatoms. The minimum atomic E-state index is -1.36. The average Bonchev–Trinajstić information content (AvgIpc) is 2.95. The summed E-state index contributed by atoms with van der Waals surface area (Å²) in [5, 5.41) is 10.9. The van der Waals surface area contributed by atoms with E-state index in [9.17, 15) is 14.7 Å². The molecule has 20 heavy (non-hydrogen) atoms. The van der Waals surface area contributed by atoms with Crippen LogP contribution in [0.25, 0.3) is 17.0 Å². The molecule has 2 amide bonds. The highest BCUT2D eigenvalue weighted by molar-refractivity contribution is 6.18. The molecule has 1 saturated heterocycles. The molecule has 2 aromatic rings. The van der Waals surface area contributed by atoms with Crippen molar-refractivity contribution in [2.45, 2.75) is 13.0 Å². The van der Waals surface area contributed by atoms with Crippen LogP contribution in [0.4, 0.5) is 0 Å². The van der Waals surface area contributed by atoms with E-state index in [0.29, 0.717) is 0 Å². The lowest BCUT2D eigenvalue weighted by Gasteiger charge is -2.08. The van der Waals surface area contributed by atoms with Gasteiger partial charge in [0.05, 0.1) is 5.57 Å². The van der Waals surface area contributed by atoms with Crippen molar-refractivity contribution in [3.05, 3.63) is 41.6 Å². The Hall–Kier alpha value is -2.40. The lowest BCUT2D eigenvalue weighted by Crippen LogP contribution is -2.31. The van der Waals surface area contributed by atoms with Crippen LogP contribution in [0, 0.1) is 0 Å². The molecule has 5 nitrogen and oxygen atoms in total. The molecule has 0 bridgehead atoms. The van der Waals surface area contributed by atoms with Gasteiger partial charge in [0.1, 0.15) is 0 Å². The van der Waals surface area contributed by atoms with E-state index < -0.39 is 17.9 Å². The fourth-order valence-corrected chi connectivity index (χ4v) is 2.47. The zero-order chi connectivity index (χ0) is 14.3. The smallest absolute Gasteiger partial charge is 0.263 e. The summed E-state index contributed by atoms with van der Waals surface area (Å²) in [6.45, 7) is 1.97. The van der Waals surface area contributed by atoms with E-state index in [2.05, 4.69) is 4.98 Å². The van der Waals surface area contributed by atoms with Crippen LogP contribution in [-0.4, -0.2) is 39.5 Å². The molecule has 0 saturated carbocycles. The number of carbonyl (C=O) groups is 2. The van der Waals surface area contributed by atoms with Crippen molar-refractivity contribution in [2.75, 3.05) is 6.54 Å². The Morgan fingerprint density at radius 1 is 1.35 bits per heavy atom. The largest absolute Gasteiger partial charge is 0.378 e. The predicted octanol–water partition coefficient (Wildman–Crippen LogP) is 1.30. The van der Waals surface area contributed by atoms with Gasteiger partial charge in [0.25, 0.3) is 11.8 Å².